The first kappa shape index (κ1) is 14.8. The van der Waals surface area contributed by atoms with Crippen molar-refractivity contribution < 1.29 is 27.8 Å². The maximum absolute atomic E-state index is 13.7. The number of para-hydroxylation sites is 1. The van der Waals surface area contributed by atoms with E-state index in [-0.39, 0.29) is 18.9 Å². The lowest BCUT2D eigenvalue weighted by molar-refractivity contribution is -0.106. The zero-order chi connectivity index (χ0) is 16.4. The number of carbonyl (C=O) groups is 2. The molecule has 0 spiro atoms. The molecule has 0 unspecified atom stereocenters. The number of hydrogen-bond acceptors (Lipinski definition) is 4. The van der Waals surface area contributed by atoms with Crippen LogP contribution >= 0.6 is 0 Å². The molecule has 0 radical (unpaired) electrons. The quantitative estimate of drug-likeness (QED) is 0.883. The lowest BCUT2D eigenvalue weighted by Gasteiger charge is -2.17. The summed E-state index contributed by atoms with van der Waals surface area (Å²) in [5.41, 5.74) is -0.469. The first-order valence-electron chi connectivity index (χ1n) is 6.49. The van der Waals surface area contributed by atoms with Crippen molar-refractivity contribution in [3.8, 4) is 11.5 Å². The van der Waals surface area contributed by atoms with E-state index in [0.717, 1.165) is 18.2 Å². The van der Waals surface area contributed by atoms with Crippen LogP contribution in [0.25, 0.3) is 0 Å². The van der Waals surface area contributed by atoms with Gasteiger partial charge in [0.05, 0.1) is 0 Å². The molecule has 8 heteroatoms. The molecule has 23 heavy (non-hydrogen) atoms. The fourth-order valence-corrected chi connectivity index (χ4v) is 2.08. The molecule has 1 aliphatic rings. The Kier molecular flexibility index (Phi) is 3.80. The minimum atomic E-state index is -1.03. The maximum Gasteiger partial charge on any atom is 0.333 e. The smallest absolute Gasteiger partial charge is 0.333 e. The third-order valence-corrected chi connectivity index (χ3v) is 3.13. The second-order valence-electron chi connectivity index (χ2n) is 4.54. The highest BCUT2D eigenvalue weighted by Crippen LogP contribution is 2.34. The van der Waals surface area contributed by atoms with Crippen molar-refractivity contribution in [1.29, 1.82) is 0 Å². The van der Waals surface area contributed by atoms with Gasteiger partial charge in [-0.2, -0.15) is 0 Å². The van der Waals surface area contributed by atoms with E-state index in [9.17, 15) is 18.4 Å². The molecule has 1 heterocycles. The topological polar surface area (TPSA) is 67.9 Å². The highest BCUT2D eigenvalue weighted by Gasteiger charge is 2.23. The first-order chi connectivity index (χ1) is 11.1. The first-order valence-corrected chi connectivity index (χ1v) is 6.49. The number of nitrogens with zero attached hydrogens (tertiary/aromatic N) is 1. The fourth-order valence-electron chi connectivity index (χ4n) is 2.08. The van der Waals surface area contributed by atoms with Crippen molar-refractivity contribution in [1.82, 2.24) is 0 Å². The SMILES string of the molecule is O=CN(C(=O)Nc1ccc2c(c1)OCO2)c1c(F)cccc1F. The summed E-state index contributed by atoms with van der Waals surface area (Å²) in [5.74, 6) is -1.14. The molecule has 2 aromatic rings. The van der Waals surface area contributed by atoms with E-state index in [0.29, 0.717) is 16.4 Å². The molecule has 0 aliphatic carbocycles. The number of nitrogens with one attached hydrogen (secondary N) is 1. The van der Waals surface area contributed by atoms with E-state index in [1.807, 2.05) is 0 Å². The van der Waals surface area contributed by atoms with Crippen LogP contribution in [0.2, 0.25) is 0 Å². The molecule has 3 rings (SSSR count). The molecule has 6 nitrogen and oxygen atoms in total. The Morgan fingerprint density at radius 1 is 1.13 bits per heavy atom. The molecule has 0 aromatic heterocycles. The number of urea groups is 1. The van der Waals surface area contributed by atoms with Gasteiger partial charge < -0.3 is 14.8 Å². The second kappa shape index (κ2) is 5.91. The van der Waals surface area contributed by atoms with Gasteiger partial charge in [0, 0.05) is 11.8 Å². The zero-order valence-electron chi connectivity index (χ0n) is 11.6. The van der Waals surface area contributed by atoms with E-state index >= 15 is 0 Å². The van der Waals surface area contributed by atoms with Gasteiger partial charge in [0.1, 0.15) is 17.3 Å². The molecule has 0 fully saturated rings. The Labute approximate surface area is 129 Å². The predicted octanol–water partition coefficient (Wildman–Crippen LogP) is 2.89. The summed E-state index contributed by atoms with van der Waals surface area (Å²) >= 11 is 0. The summed E-state index contributed by atoms with van der Waals surface area (Å²) in [6.45, 7) is 0.0631. The van der Waals surface area contributed by atoms with E-state index < -0.39 is 23.4 Å². The Balaban J connectivity index is 1.85. The Morgan fingerprint density at radius 3 is 2.52 bits per heavy atom. The van der Waals surface area contributed by atoms with Gasteiger partial charge in [0.25, 0.3) is 0 Å². The molecule has 0 saturated carbocycles. The summed E-state index contributed by atoms with van der Waals surface area (Å²) < 4.78 is 37.7. The average molecular weight is 320 g/mol. The van der Waals surface area contributed by atoms with E-state index in [2.05, 4.69) is 5.32 Å². The number of hydrogen-bond donors (Lipinski definition) is 1. The van der Waals surface area contributed by atoms with Crippen molar-refractivity contribution in [2.24, 2.45) is 0 Å². The third kappa shape index (κ3) is 2.78. The van der Waals surface area contributed by atoms with E-state index in [1.165, 1.54) is 12.1 Å². The van der Waals surface area contributed by atoms with Gasteiger partial charge in [-0.05, 0) is 24.3 Å². The molecule has 2 aromatic carbocycles. The van der Waals surface area contributed by atoms with Crippen LogP contribution in [0.15, 0.2) is 36.4 Å². The Bertz CT molecular complexity index is 762. The summed E-state index contributed by atoms with van der Waals surface area (Å²) in [6.07, 6.45) is 0.0316. The summed E-state index contributed by atoms with van der Waals surface area (Å²) in [4.78, 5) is 23.6. The molecule has 0 atom stereocenters. The maximum atomic E-state index is 13.7. The van der Waals surface area contributed by atoms with Crippen molar-refractivity contribution in [3.05, 3.63) is 48.0 Å². The second-order valence-corrected chi connectivity index (χ2v) is 4.54. The average Bonchev–Trinajstić information content (AvgIpc) is 2.98. The zero-order valence-corrected chi connectivity index (χ0v) is 11.6. The van der Waals surface area contributed by atoms with Crippen LogP contribution in [0.1, 0.15) is 0 Å². The van der Waals surface area contributed by atoms with Crippen molar-refractivity contribution >= 4 is 23.8 Å². The molecular formula is C15H10F2N2O4. The fraction of sp³-hybridized carbons (Fsp3) is 0.0667. The Hall–Kier alpha value is -3.16. The van der Waals surface area contributed by atoms with E-state index in [4.69, 9.17) is 9.47 Å². The highest BCUT2D eigenvalue weighted by molar-refractivity contribution is 6.12. The Morgan fingerprint density at radius 2 is 1.83 bits per heavy atom. The highest BCUT2D eigenvalue weighted by atomic mass is 19.1. The van der Waals surface area contributed by atoms with Gasteiger partial charge >= 0.3 is 6.03 Å². The van der Waals surface area contributed by atoms with Crippen molar-refractivity contribution in [2.45, 2.75) is 0 Å². The van der Waals surface area contributed by atoms with Crippen LogP contribution in [0.5, 0.6) is 11.5 Å². The van der Waals surface area contributed by atoms with Gasteiger partial charge in [0.15, 0.2) is 11.5 Å². The summed E-state index contributed by atoms with van der Waals surface area (Å²) in [6, 6.07) is 6.56. The molecule has 1 N–H and O–H groups in total. The third-order valence-electron chi connectivity index (χ3n) is 3.13. The molecule has 0 bridgehead atoms. The minimum absolute atomic E-state index is 0.0316. The number of imide groups is 1. The number of fused-ring (bicyclic) bond motifs is 1. The number of amides is 3. The molecule has 3 amide bonds. The minimum Gasteiger partial charge on any atom is -0.454 e. The normalized spacial score (nSPS) is 11.9. The van der Waals surface area contributed by atoms with Crippen molar-refractivity contribution in [3.63, 3.8) is 0 Å². The predicted molar refractivity (Wildman–Crippen MR) is 76.5 cm³/mol. The van der Waals surface area contributed by atoms with Crippen LogP contribution in [-0.2, 0) is 4.79 Å². The van der Waals surface area contributed by atoms with Gasteiger partial charge in [-0.25, -0.2) is 18.5 Å². The monoisotopic (exact) mass is 320 g/mol. The van der Waals surface area contributed by atoms with Crippen LogP contribution < -0.4 is 19.7 Å². The lowest BCUT2D eigenvalue weighted by atomic mass is 10.2. The summed E-state index contributed by atoms with van der Waals surface area (Å²) in [5, 5.41) is 2.36. The number of rotatable bonds is 3. The molecule has 0 saturated heterocycles. The van der Waals surface area contributed by atoms with Crippen molar-refractivity contribution in [2.75, 3.05) is 17.0 Å². The van der Waals surface area contributed by atoms with Crippen LogP contribution in [0.4, 0.5) is 25.0 Å². The van der Waals surface area contributed by atoms with Gasteiger partial charge in [-0.15, -0.1) is 0 Å². The van der Waals surface area contributed by atoms with Gasteiger partial charge in [0.2, 0.25) is 13.2 Å². The number of halogens is 2. The van der Waals surface area contributed by atoms with Gasteiger partial charge in [-0.3, -0.25) is 4.79 Å². The largest absolute Gasteiger partial charge is 0.454 e. The number of benzene rings is 2. The standard InChI is InChI=1S/C15H10F2N2O4/c16-10-2-1-3-11(17)14(10)19(7-20)15(21)18-9-4-5-12-13(6-9)23-8-22-12/h1-7H,8H2,(H,18,21). The molecular weight excluding hydrogens is 310 g/mol. The van der Waals surface area contributed by atoms with Crippen LogP contribution in [0.3, 0.4) is 0 Å². The number of ether oxygens (including phenoxy) is 2. The number of carbonyl (C=O) groups excluding carboxylic acids is 2. The summed E-state index contributed by atoms with van der Waals surface area (Å²) in [7, 11) is 0. The molecule has 1 aliphatic heterocycles. The van der Waals surface area contributed by atoms with Crippen LogP contribution in [-0.4, -0.2) is 19.2 Å². The molecule has 118 valence electrons. The van der Waals surface area contributed by atoms with Crippen LogP contribution in [0, 0.1) is 11.6 Å². The number of anilines is 2. The van der Waals surface area contributed by atoms with E-state index in [1.54, 1.807) is 6.07 Å². The lowest BCUT2D eigenvalue weighted by Crippen LogP contribution is -2.35. The van der Waals surface area contributed by atoms with Gasteiger partial charge in [-0.1, -0.05) is 6.07 Å².